The summed E-state index contributed by atoms with van der Waals surface area (Å²) in [7, 11) is 1.37. The van der Waals surface area contributed by atoms with Gasteiger partial charge in [0, 0.05) is 24.6 Å². The van der Waals surface area contributed by atoms with Crippen LogP contribution in [-0.4, -0.2) is 35.8 Å². The Morgan fingerprint density at radius 2 is 2.16 bits per heavy atom. The van der Waals surface area contributed by atoms with Crippen molar-refractivity contribution in [3.8, 4) is 0 Å². The molecule has 0 saturated carbocycles. The highest BCUT2D eigenvalue weighted by Crippen LogP contribution is 2.33. The Balaban J connectivity index is 1.71. The Kier molecular flexibility index (Phi) is 5.21. The van der Waals surface area contributed by atoms with Crippen LogP contribution in [0.5, 0.6) is 0 Å². The van der Waals surface area contributed by atoms with Gasteiger partial charge in [0.25, 0.3) is 5.56 Å². The van der Waals surface area contributed by atoms with Crippen LogP contribution in [-0.2, 0) is 11.2 Å². The fourth-order valence-electron chi connectivity index (χ4n) is 3.42. The first-order chi connectivity index (χ1) is 12.1. The van der Waals surface area contributed by atoms with Crippen LogP contribution in [0.2, 0.25) is 0 Å². The average molecular weight is 348 g/mol. The Hall–Kier alpha value is -2.57. The Morgan fingerprint density at radius 1 is 1.40 bits per heavy atom. The zero-order chi connectivity index (χ0) is 17.8. The summed E-state index contributed by atoms with van der Waals surface area (Å²) in [6.45, 7) is 0.542. The highest BCUT2D eigenvalue weighted by molar-refractivity contribution is 5.68. The predicted octanol–water partition coefficient (Wildman–Crippen LogP) is 3.05. The third-order valence-electron chi connectivity index (χ3n) is 4.75. The molecular weight excluding hydrogens is 327 g/mol. The number of carbonyl (C=O) groups is 1. The molecule has 0 bridgehead atoms. The van der Waals surface area contributed by atoms with Gasteiger partial charge in [0.05, 0.1) is 7.11 Å². The summed E-state index contributed by atoms with van der Waals surface area (Å²) >= 11 is 0. The second kappa shape index (κ2) is 7.55. The number of H-pyrrole nitrogens is 1. The van der Waals surface area contributed by atoms with Gasteiger partial charge >= 0.3 is 6.09 Å². The Labute approximate surface area is 144 Å². The number of ether oxygens (including phenoxy) is 1. The van der Waals surface area contributed by atoms with E-state index in [4.69, 9.17) is 9.26 Å². The zero-order valence-corrected chi connectivity index (χ0v) is 14.0. The smallest absolute Gasteiger partial charge is 0.409 e. The molecule has 2 aromatic rings. The minimum Gasteiger partial charge on any atom is -0.453 e. The van der Waals surface area contributed by atoms with Gasteiger partial charge in [0.2, 0.25) is 0 Å². The van der Waals surface area contributed by atoms with Crippen molar-refractivity contribution in [1.29, 1.82) is 0 Å². The molecule has 1 fully saturated rings. The number of amides is 1. The molecule has 2 unspecified atom stereocenters. The molecule has 25 heavy (non-hydrogen) atoms. The fraction of sp³-hybridized carbons (Fsp3) is 0.444. The van der Waals surface area contributed by atoms with Gasteiger partial charge in [-0.05, 0) is 43.4 Å². The number of benzene rings is 1. The maximum atomic E-state index is 13.0. The quantitative estimate of drug-likeness (QED) is 0.921. The van der Waals surface area contributed by atoms with Crippen LogP contribution in [0.25, 0.3) is 0 Å². The molecule has 0 spiro atoms. The number of methoxy groups -OCH3 is 1. The van der Waals surface area contributed by atoms with Gasteiger partial charge in [-0.15, -0.1) is 0 Å². The summed E-state index contributed by atoms with van der Waals surface area (Å²) in [4.78, 5) is 25.1. The molecule has 1 N–H and O–H groups in total. The molecular formula is C18H21FN2O4. The van der Waals surface area contributed by atoms with Crippen LogP contribution >= 0.6 is 0 Å². The van der Waals surface area contributed by atoms with Crippen LogP contribution in [0.1, 0.15) is 36.5 Å². The van der Waals surface area contributed by atoms with Crippen molar-refractivity contribution in [2.75, 3.05) is 13.7 Å². The third kappa shape index (κ3) is 4.10. The van der Waals surface area contributed by atoms with E-state index >= 15 is 0 Å². The molecule has 1 aliphatic rings. The molecule has 0 aliphatic carbocycles. The lowest BCUT2D eigenvalue weighted by Gasteiger charge is -2.38. The van der Waals surface area contributed by atoms with Crippen molar-refractivity contribution < 1.29 is 18.4 Å². The lowest BCUT2D eigenvalue weighted by atomic mass is 9.86. The van der Waals surface area contributed by atoms with Crippen LogP contribution in [0, 0.1) is 5.82 Å². The lowest BCUT2D eigenvalue weighted by Crippen LogP contribution is -2.45. The van der Waals surface area contributed by atoms with Crippen molar-refractivity contribution in [3.63, 3.8) is 0 Å². The van der Waals surface area contributed by atoms with E-state index in [1.54, 1.807) is 17.0 Å². The molecule has 1 saturated heterocycles. The number of nitrogens with zero attached hydrogens (tertiary/aromatic N) is 1. The van der Waals surface area contributed by atoms with Gasteiger partial charge in [-0.25, -0.2) is 9.18 Å². The van der Waals surface area contributed by atoms with E-state index in [1.165, 1.54) is 25.3 Å². The van der Waals surface area contributed by atoms with Crippen molar-refractivity contribution >= 4 is 6.09 Å². The average Bonchev–Trinajstić information content (AvgIpc) is 3.07. The Bertz CT molecular complexity index is 768. The standard InChI is InChI=1S/C18H21FN2O4/c1-24-18(23)21-9-8-13(16-11-17(22)20-25-16)10-15(21)7-4-12-2-5-14(19)6-3-12/h2-3,5-6,11,13,15H,4,7-10H2,1H3,(H,20,22). The number of aromatic amines is 1. The molecule has 1 aliphatic heterocycles. The molecule has 1 amide bonds. The fourth-order valence-corrected chi connectivity index (χ4v) is 3.42. The van der Waals surface area contributed by atoms with Crippen molar-refractivity contribution in [3.05, 3.63) is 57.8 Å². The van der Waals surface area contributed by atoms with Gasteiger partial charge in [0.15, 0.2) is 0 Å². The maximum absolute atomic E-state index is 13.0. The number of likely N-dealkylation sites (tertiary alicyclic amines) is 1. The van der Waals surface area contributed by atoms with Crippen LogP contribution in [0.3, 0.4) is 0 Å². The van der Waals surface area contributed by atoms with Gasteiger partial charge in [0.1, 0.15) is 11.6 Å². The topological polar surface area (TPSA) is 75.5 Å². The number of hydrogen-bond donors (Lipinski definition) is 1. The lowest BCUT2D eigenvalue weighted by molar-refractivity contribution is 0.0789. The number of hydrogen-bond acceptors (Lipinski definition) is 4. The Morgan fingerprint density at radius 3 is 2.80 bits per heavy atom. The van der Waals surface area contributed by atoms with E-state index in [0.29, 0.717) is 25.1 Å². The van der Waals surface area contributed by atoms with E-state index in [2.05, 4.69) is 5.16 Å². The number of nitrogens with one attached hydrogen (secondary N) is 1. The van der Waals surface area contributed by atoms with Crippen LogP contribution < -0.4 is 5.56 Å². The minimum atomic E-state index is -0.349. The second-order valence-corrected chi connectivity index (χ2v) is 6.32. The third-order valence-corrected chi connectivity index (χ3v) is 4.75. The van der Waals surface area contributed by atoms with E-state index in [1.807, 2.05) is 0 Å². The minimum absolute atomic E-state index is 0.0311. The van der Waals surface area contributed by atoms with E-state index in [9.17, 15) is 14.0 Å². The largest absolute Gasteiger partial charge is 0.453 e. The van der Waals surface area contributed by atoms with Crippen LogP contribution in [0.15, 0.2) is 39.6 Å². The summed E-state index contributed by atoms with van der Waals surface area (Å²) in [6, 6.07) is 7.82. The normalized spacial score (nSPS) is 20.5. The molecule has 0 radical (unpaired) electrons. The second-order valence-electron chi connectivity index (χ2n) is 6.32. The van der Waals surface area contributed by atoms with E-state index < -0.39 is 0 Å². The first-order valence-electron chi connectivity index (χ1n) is 8.34. The maximum Gasteiger partial charge on any atom is 0.409 e. The molecule has 134 valence electrons. The van der Waals surface area contributed by atoms with Gasteiger partial charge in [-0.2, -0.15) is 5.16 Å². The number of carbonyl (C=O) groups excluding carboxylic acids is 1. The SMILES string of the molecule is COC(=O)N1CCC(c2cc(=O)[nH]o2)CC1CCc1ccc(F)cc1. The molecule has 7 heteroatoms. The molecule has 1 aromatic heterocycles. The molecule has 3 rings (SSSR count). The first-order valence-corrected chi connectivity index (χ1v) is 8.34. The number of piperidine rings is 1. The summed E-state index contributed by atoms with van der Waals surface area (Å²) in [5, 5.41) is 2.32. The summed E-state index contributed by atoms with van der Waals surface area (Å²) in [5.74, 6) is 0.444. The monoisotopic (exact) mass is 348 g/mol. The molecule has 6 nitrogen and oxygen atoms in total. The van der Waals surface area contributed by atoms with Crippen molar-refractivity contribution in [2.24, 2.45) is 0 Å². The van der Waals surface area contributed by atoms with Gasteiger partial charge in [-0.3, -0.25) is 4.79 Å². The van der Waals surface area contributed by atoms with Gasteiger partial charge < -0.3 is 14.2 Å². The highest BCUT2D eigenvalue weighted by atomic mass is 19.1. The summed E-state index contributed by atoms with van der Waals surface area (Å²) in [6.07, 6.45) is 2.51. The van der Waals surface area contributed by atoms with Crippen LogP contribution in [0.4, 0.5) is 9.18 Å². The molecule has 1 aromatic carbocycles. The molecule has 2 atom stereocenters. The highest BCUT2D eigenvalue weighted by Gasteiger charge is 2.34. The number of aromatic nitrogens is 1. The number of halogens is 1. The summed E-state index contributed by atoms with van der Waals surface area (Å²) in [5.41, 5.74) is 0.759. The number of rotatable bonds is 4. The first kappa shape index (κ1) is 17.3. The zero-order valence-electron chi connectivity index (χ0n) is 14.0. The van der Waals surface area contributed by atoms with Gasteiger partial charge in [-0.1, -0.05) is 12.1 Å². The van der Waals surface area contributed by atoms with Crippen molar-refractivity contribution in [1.82, 2.24) is 10.1 Å². The number of aryl methyl sites for hydroxylation is 1. The predicted molar refractivity (Wildman–Crippen MR) is 88.9 cm³/mol. The van der Waals surface area contributed by atoms with Crippen molar-refractivity contribution in [2.45, 2.75) is 37.6 Å². The van der Waals surface area contributed by atoms with E-state index in [0.717, 1.165) is 18.4 Å². The van der Waals surface area contributed by atoms with E-state index in [-0.39, 0.29) is 29.4 Å². The summed E-state index contributed by atoms with van der Waals surface area (Å²) < 4.78 is 23.2. The molecule has 2 heterocycles.